The van der Waals surface area contributed by atoms with Crippen LogP contribution in [0.15, 0.2) is 72.9 Å². The van der Waals surface area contributed by atoms with E-state index in [0.717, 1.165) is 89.9 Å². The summed E-state index contributed by atoms with van der Waals surface area (Å²) in [6.45, 7) is 6.53. The van der Waals surface area contributed by atoms with Gasteiger partial charge in [-0.05, 0) is 109 Å². The SMILES string of the molecule is CC/C=C\C/C=C\C/C=C\C/C=C\CCCCCCCCCCCCC(=O)OCC(COC(=O)CCCCCCC/C=C\CCCCCCC)OC(=O)CCCCCCCCC/C=C\CCCCCCCC. The fraction of sp³-hybridized carbons (Fsp3) is 0.773. The molecule has 0 aliphatic heterocycles. The van der Waals surface area contributed by atoms with Gasteiger partial charge in [0.1, 0.15) is 13.2 Å². The summed E-state index contributed by atoms with van der Waals surface area (Å²) in [5.41, 5.74) is 0. The van der Waals surface area contributed by atoms with Gasteiger partial charge in [0, 0.05) is 19.3 Å². The van der Waals surface area contributed by atoms with Gasteiger partial charge >= 0.3 is 17.9 Å². The van der Waals surface area contributed by atoms with Gasteiger partial charge in [-0.15, -0.1) is 0 Å². The molecule has 0 rings (SSSR count). The van der Waals surface area contributed by atoms with E-state index in [9.17, 15) is 14.4 Å². The molecule has 72 heavy (non-hydrogen) atoms. The number of carbonyl (C=O) groups is 3. The third-order valence-electron chi connectivity index (χ3n) is 13.4. The van der Waals surface area contributed by atoms with Crippen molar-refractivity contribution in [3.05, 3.63) is 72.9 Å². The normalized spacial score (nSPS) is 12.5. The zero-order valence-electron chi connectivity index (χ0n) is 47.7. The highest BCUT2D eigenvalue weighted by atomic mass is 16.6. The summed E-state index contributed by atoms with van der Waals surface area (Å²) in [6, 6.07) is 0. The number of hydrogen-bond acceptors (Lipinski definition) is 6. The van der Waals surface area contributed by atoms with Crippen molar-refractivity contribution in [2.75, 3.05) is 13.2 Å². The Morgan fingerprint density at radius 1 is 0.292 bits per heavy atom. The van der Waals surface area contributed by atoms with E-state index in [1.54, 1.807) is 0 Å². The summed E-state index contributed by atoms with van der Waals surface area (Å²) in [7, 11) is 0. The van der Waals surface area contributed by atoms with Crippen LogP contribution in [-0.4, -0.2) is 37.2 Å². The minimum absolute atomic E-state index is 0.0805. The predicted molar refractivity (Wildman–Crippen MR) is 311 cm³/mol. The van der Waals surface area contributed by atoms with Crippen LogP contribution in [0.4, 0.5) is 0 Å². The molecule has 0 saturated heterocycles. The molecule has 416 valence electrons. The van der Waals surface area contributed by atoms with Crippen molar-refractivity contribution in [2.24, 2.45) is 0 Å². The Hall–Kier alpha value is -3.15. The topological polar surface area (TPSA) is 78.9 Å². The number of unbranched alkanes of at least 4 members (excludes halogenated alkanes) is 33. The minimum Gasteiger partial charge on any atom is -0.462 e. The van der Waals surface area contributed by atoms with Crippen molar-refractivity contribution in [1.82, 2.24) is 0 Å². The molecule has 0 aliphatic carbocycles. The Balaban J connectivity index is 4.34. The molecule has 0 fully saturated rings. The molecule has 0 bridgehead atoms. The summed E-state index contributed by atoms with van der Waals surface area (Å²) >= 11 is 0. The van der Waals surface area contributed by atoms with Gasteiger partial charge in [0.2, 0.25) is 0 Å². The number of esters is 3. The first-order valence-corrected chi connectivity index (χ1v) is 30.9. The van der Waals surface area contributed by atoms with E-state index in [1.165, 1.54) is 180 Å². The number of rotatable bonds is 56. The molecule has 0 heterocycles. The fourth-order valence-electron chi connectivity index (χ4n) is 8.78. The number of hydrogen-bond donors (Lipinski definition) is 0. The Labute approximate surface area is 446 Å². The molecular formula is C66H116O6. The third kappa shape index (κ3) is 57.7. The van der Waals surface area contributed by atoms with Gasteiger partial charge in [0.15, 0.2) is 6.10 Å². The lowest BCUT2D eigenvalue weighted by atomic mass is 10.1. The first-order valence-electron chi connectivity index (χ1n) is 30.9. The monoisotopic (exact) mass is 1000 g/mol. The lowest BCUT2D eigenvalue weighted by molar-refractivity contribution is -0.167. The van der Waals surface area contributed by atoms with E-state index in [4.69, 9.17) is 14.2 Å². The van der Waals surface area contributed by atoms with E-state index in [-0.39, 0.29) is 31.1 Å². The molecule has 0 aliphatic rings. The van der Waals surface area contributed by atoms with Gasteiger partial charge in [-0.25, -0.2) is 0 Å². The summed E-state index contributed by atoms with van der Waals surface area (Å²) in [5.74, 6) is -0.885. The highest BCUT2D eigenvalue weighted by Gasteiger charge is 2.19. The first kappa shape index (κ1) is 68.8. The lowest BCUT2D eigenvalue weighted by Crippen LogP contribution is -2.30. The van der Waals surface area contributed by atoms with Crippen molar-refractivity contribution >= 4 is 17.9 Å². The van der Waals surface area contributed by atoms with Crippen molar-refractivity contribution in [1.29, 1.82) is 0 Å². The van der Waals surface area contributed by atoms with E-state index in [0.29, 0.717) is 19.3 Å². The number of allylic oxidation sites excluding steroid dienone is 12. The van der Waals surface area contributed by atoms with E-state index < -0.39 is 6.10 Å². The molecule has 0 N–H and O–H groups in total. The maximum Gasteiger partial charge on any atom is 0.306 e. The third-order valence-corrected chi connectivity index (χ3v) is 13.4. The Morgan fingerprint density at radius 3 is 0.861 bits per heavy atom. The highest BCUT2D eigenvalue weighted by molar-refractivity contribution is 5.71. The predicted octanol–water partition coefficient (Wildman–Crippen LogP) is 20.9. The minimum atomic E-state index is -0.783. The molecule has 1 unspecified atom stereocenters. The molecule has 1 atom stereocenters. The maximum absolute atomic E-state index is 12.9. The van der Waals surface area contributed by atoms with Gasteiger partial charge in [-0.1, -0.05) is 254 Å². The fourth-order valence-corrected chi connectivity index (χ4v) is 8.78. The van der Waals surface area contributed by atoms with Crippen LogP contribution in [-0.2, 0) is 28.6 Å². The molecule has 6 heteroatoms. The highest BCUT2D eigenvalue weighted by Crippen LogP contribution is 2.16. The van der Waals surface area contributed by atoms with Gasteiger partial charge in [-0.3, -0.25) is 14.4 Å². The zero-order valence-corrected chi connectivity index (χ0v) is 47.7. The molecule has 0 radical (unpaired) electrons. The second-order valence-corrected chi connectivity index (χ2v) is 20.6. The van der Waals surface area contributed by atoms with Crippen LogP contribution in [0.25, 0.3) is 0 Å². The van der Waals surface area contributed by atoms with Gasteiger partial charge in [0.25, 0.3) is 0 Å². The van der Waals surface area contributed by atoms with Crippen molar-refractivity contribution in [2.45, 2.75) is 316 Å². The van der Waals surface area contributed by atoms with Gasteiger partial charge < -0.3 is 14.2 Å². The molecular weight excluding hydrogens is 889 g/mol. The zero-order chi connectivity index (χ0) is 52.2. The van der Waals surface area contributed by atoms with Gasteiger partial charge in [0.05, 0.1) is 0 Å². The van der Waals surface area contributed by atoms with E-state index in [2.05, 4.69) is 93.7 Å². The number of carbonyl (C=O) groups excluding carboxylic acids is 3. The molecule has 0 aromatic carbocycles. The van der Waals surface area contributed by atoms with E-state index >= 15 is 0 Å². The van der Waals surface area contributed by atoms with Crippen LogP contribution in [0.5, 0.6) is 0 Å². The van der Waals surface area contributed by atoms with Crippen LogP contribution in [0.1, 0.15) is 310 Å². The summed E-state index contributed by atoms with van der Waals surface area (Å²) in [6.07, 6.45) is 77.5. The van der Waals surface area contributed by atoms with Crippen LogP contribution in [0, 0.1) is 0 Å². The lowest BCUT2D eigenvalue weighted by Gasteiger charge is -2.18. The summed E-state index contributed by atoms with van der Waals surface area (Å²) < 4.78 is 16.9. The van der Waals surface area contributed by atoms with Crippen LogP contribution in [0.2, 0.25) is 0 Å². The molecule has 6 nitrogen and oxygen atoms in total. The number of ether oxygens (including phenoxy) is 3. The molecule has 0 aromatic rings. The molecule has 0 saturated carbocycles. The average Bonchev–Trinajstić information content (AvgIpc) is 3.38. The maximum atomic E-state index is 12.9. The summed E-state index contributed by atoms with van der Waals surface area (Å²) in [4.78, 5) is 38.3. The van der Waals surface area contributed by atoms with Crippen molar-refractivity contribution in [3.8, 4) is 0 Å². The second kappa shape index (κ2) is 60.4. The average molecular weight is 1010 g/mol. The van der Waals surface area contributed by atoms with Crippen molar-refractivity contribution in [3.63, 3.8) is 0 Å². The molecule has 0 aromatic heterocycles. The van der Waals surface area contributed by atoms with Gasteiger partial charge in [-0.2, -0.15) is 0 Å². The second-order valence-electron chi connectivity index (χ2n) is 20.6. The Kier molecular flexibility index (Phi) is 57.8. The van der Waals surface area contributed by atoms with E-state index in [1.807, 2.05) is 0 Å². The van der Waals surface area contributed by atoms with Crippen molar-refractivity contribution < 1.29 is 28.6 Å². The quantitative estimate of drug-likeness (QED) is 0.0261. The summed E-state index contributed by atoms with van der Waals surface area (Å²) in [5, 5.41) is 0. The van der Waals surface area contributed by atoms with Crippen LogP contribution < -0.4 is 0 Å². The molecule has 0 spiro atoms. The Bertz CT molecular complexity index is 1340. The molecule has 0 amide bonds. The smallest absolute Gasteiger partial charge is 0.306 e. The first-order chi connectivity index (χ1) is 35.5. The Morgan fingerprint density at radius 2 is 0.542 bits per heavy atom. The standard InChI is InChI=1S/C66H116O6/c1-4-7-10-13-16-19-22-25-28-30-31-32-33-34-35-37-38-41-44-47-50-53-56-59-65(68)71-62-63(61-70-64(67)58-55-52-49-46-43-40-27-24-21-18-15-12-9-6-3)72-66(69)60-57-54-51-48-45-42-39-36-29-26-23-20-17-14-11-8-5-2/h7,10,16,19,24-29,31-32,63H,4-6,8-9,11-15,17-18,20-23,30,33-62H2,1-3H3/b10-7-,19-16-,27-24-,28-25-,29-26-,32-31-. The van der Waals surface area contributed by atoms with Crippen LogP contribution in [0.3, 0.4) is 0 Å². The largest absolute Gasteiger partial charge is 0.462 e. The van der Waals surface area contributed by atoms with Crippen LogP contribution >= 0.6 is 0 Å².